The van der Waals surface area contributed by atoms with Crippen molar-refractivity contribution >= 4 is 17.6 Å². The minimum atomic E-state index is -4.32. The highest BCUT2D eigenvalue weighted by Crippen LogP contribution is 2.31. The van der Waals surface area contributed by atoms with Crippen LogP contribution in [0.25, 0.3) is 0 Å². The predicted molar refractivity (Wildman–Crippen MR) is 105 cm³/mol. The van der Waals surface area contributed by atoms with Gasteiger partial charge in [0.05, 0.1) is 38.3 Å². The molecule has 6 nitrogen and oxygen atoms in total. The Morgan fingerprint density at radius 1 is 1.07 bits per heavy atom. The number of amides is 3. The number of unbranched alkanes of at least 4 members (excludes halogenated alkanes) is 1. The van der Waals surface area contributed by atoms with Gasteiger partial charge in [0.25, 0.3) is 5.91 Å². The van der Waals surface area contributed by atoms with E-state index in [1.54, 1.807) is 11.0 Å². The number of carbonyl (C=O) groups is 2. The van der Waals surface area contributed by atoms with Gasteiger partial charge in [0.1, 0.15) is 6.04 Å². The van der Waals surface area contributed by atoms with E-state index in [2.05, 4.69) is 0 Å². The molecule has 1 atom stereocenters. The Morgan fingerprint density at radius 3 is 2.53 bits per heavy atom. The van der Waals surface area contributed by atoms with E-state index < -0.39 is 11.7 Å². The number of piperazine rings is 1. The minimum absolute atomic E-state index is 0.0421. The highest BCUT2D eigenvalue weighted by Gasteiger charge is 2.46. The van der Waals surface area contributed by atoms with Crippen LogP contribution in [0.15, 0.2) is 24.3 Å². The largest absolute Gasteiger partial charge is 0.416 e. The van der Waals surface area contributed by atoms with Crippen LogP contribution >= 0.6 is 0 Å². The fourth-order valence-corrected chi connectivity index (χ4v) is 4.74. The Bertz CT molecular complexity index is 771. The fourth-order valence-electron chi connectivity index (χ4n) is 4.74. The smallest absolute Gasteiger partial charge is 0.360 e. The van der Waals surface area contributed by atoms with Gasteiger partial charge in [-0.15, -0.1) is 0 Å². The number of alkyl halides is 3. The Labute approximate surface area is 174 Å². The number of fused-ring (bicyclic) bond motifs is 1. The van der Waals surface area contributed by atoms with Crippen molar-refractivity contribution in [2.45, 2.75) is 37.9 Å². The third kappa shape index (κ3) is 4.26. The zero-order valence-corrected chi connectivity index (χ0v) is 17.0. The van der Waals surface area contributed by atoms with Crippen molar-refractivity contribution in [1.29, 1.82) is 0 Å². The summed E-state index contributed by atoms with van der Waals surface area (Å²) in [4.78, 5) is 31.2. The zero-order chi connectivity index (χ0) is 21.3. The number of nitrogens with zero attached hydrogens (tertiary/aromatic N) is 3. The van der Waals surface area contributed by atoms with E-state index in [0.29, 0.717) is 18.8 Å². The number of quaternary nitrogens is 1. The molecule has 4 rings (SSSR count). The molecule has 0 saturated carbocycles. The summed E-state index contributed by atoms with van der Waals surface area (Å²) in [5.74, 6) is -0.0421. The topological polar surface area (TPSA) is 48.3 Å². The second-order valence-corrected chi connectivity index (χ2v) is 8.37. The first-order valence-corrected chi connectivity index (χ1v) is 10.7. The van der Waals surface area contributed by atoms with E-state index in [9.17, 15) is 22.8 Å². The maximum Gasteiger partial charge on any atom is 0.416 e. The van der Waals surface area contributed by atoms with Gasteiger partial charge < -0.3 is 14.7 Å². The third-order valence-corrected chi connectivity index (χ3v) is 6.45. The average molecular weight is 425 g/mol. The second kappa shape index (κ2) is 8.45. The van der Waals surface area contributed by atoms with E-state index in [1.807, 2.05) is 4.90 Å². The Hall–Kier alpha value is -2.29. The standard InChI is InChI=1S/C21H27F3N4O2/c22-21(23,24)16-5-3-6-17(15-16)26-13-11-25(12-14-26)8-1-2-9-28-19(29)18-7-4-10-27(18)20(28)30/h3,5-6,15,18H,1-2,4,7-14H2/p+1/t18-/m0/s1. The molecule has 0 bridgehead atoms. The Morgan fingerprint density at radius 2 is 1.83 bits per heavy atom. The van der Waals surface area contributed by atoms with Crippen LogP contribution < -0.4 is 9.80 Å². The van der Waals surface area contributed by atoms with Crippen LogP contribution in [0.4, 0.5) is 23.7 Å². The van der Waals surface area contributed by atoms with Crippen LogP contribution in [0.5, 0.6) is 0 Å². The molecule has 164 valence electrons. The number of rotatable bonds is 6. The molecule has 0 radical (unpaired) electrons. The highest BCUT2D eigenvalue weighted by molar-refractivity contribution is 6.04. The lowest BCUT2D eigenvalue weighted by molar-refractivity contribution is -0.900. The lowest BCUT2D eigenvalue weighted by Gasteiger charge is -2.34. The van der Waals surface area contributed by atoms with Crippen molar-refractivity contribution in [2.24, 2.45) is 0 Å². The lowest BCUT2D eigenvalue weighted by Crippen LogP contribution is -3.14. The van der Waals surface area contributed by atoms with Crippen molar-refractivity contribution in [3.8, 4) is 0 Å². The monoisotopic (exact) mass is 425 g/mol. The van der Waals surface area contributed by atoms with E-state index in [1.165, 1.54) is 21.9 Å². The summed E-state index contributed by atoms with van der Waals surface area (Å²) in [5.41, 5.74) is 0.0109. The third-order valence-electron chi connectivity index (χ3n) is 6.45. The van der Waals surface area contributed by atoms with Crippen molar-refractivity contribution in [2.75, 3.05) is 50.7 Å². The molecule has 3 saturated heterocycles. The first-order valence-electron chi connectivity index (χ1n) is 10.7. The summed E-state index contributed by atoms with van der Waals surface area (Å²) < 4.78 is 38.8. The van der Waals surface area contributed by atoms with Crippen LogP contribution in [0.1, 0.15) is 31.2 Å². The molecule has 3 amide bonds. The number of benzene rings is 1. The molecular weight excluding hydrogens is 397 g/mol. The van der Waals surface area contributed by atoms with Crippen LogP contribution in [0.3, 0.4) is 0 Å². The summed E-state index contributed by atoms with van der Waals surface area (Å²) in [6, 6.07) is 5.15. The first-order chi connectivity index (χ1) is 14.3. The lowest BCUT2D eigenvalue weighted by atomic mass is 10.1. The number of hydrogen-bond donors (Lipinski definition) is 1. The zero-order valence-electron chi connectivity index (χ0n) is 17.0. The number of urea groups is 1. The van der Waals surface area contributed by atoms with Gasteiger partial charge in [-0.25, -0.2) is 4.79 Å². The van der Waals surface area contributed by atoms with Crippen molar-refractivity contribution < 1.29 is 27.7 Å². The molecule has 3 fully saturated rings. The number of anilines is 1. The van der Waals surface area contributed by atoms with Gasteiger partial charge in [-0.05, 0) is 43.9 Å². The van der Waals surface area contributed by atoms with Gasteiger partial charge in [-0.3, -0.25) is 9.69 Å². The van der Waals surface area contributed by atoms with Gasteiger partial charge in [0.2, 0.25) is 0 Å². The molecule has 0 aliphatic carbocycles. The Kier molecular flexibility index (Phi) is 5.90. The molecule has 9 heteroatoms. The number of carbonyl (C=O) groups excluding carboxylic acids is 2. The van der Waals surface area contributed by atoms with Crippen LogP contribution in [0, 0.1) is 0 Å². The van der Waals surface area contributed by atoms with Crippen molar-refractivity contribution in [3.63, 3.8) is 0 Å². The normalized spacial score (nSPS) is 22.9. The van der Waals surface area contributed by atoms with Gasteiger partial charge in [0, 0.05) is 18.8 Å². The molecule has 0 spiro atoms. The molecule has 3 heterocycles. The molecule has 3 aliphatic heterocycles. The molecule has 0 unspecified atom stereocenters. The van der Waals surface area contributed by atoms with E-state index >= 15 is 0 Å². The summed E-state index contributed by atoms with van der Waals surface area (Å²) in [5, 5.41) is 0. The van der Waals surface area contributed by atoms with Crippen LogP contribution in [-0.2, 0) is 11.0 Å². The molecule has 1 aromatic rings. The van der Waals surface area contributed by atoms with Crippen molar-refractivity contribution in [3.05, 3.63) is 29.8 Å². The molecule has 0 aromatic heterocycles. The molecular formula is C21H28F3N4O2+. The molecule has 1 N–H and O–H groups in total. The quantitative estimate of drug-likeness (QED) is 0.557. The summed E-state index contributed by atoms with van der Waals surface area (Å²) in [6.07, 6.45) is -0.927. The summed E-state index contributed by atoms with van der Waals surface area (Å²) >= 11 is 0. The van der Waals surface area contributed by atoms with Gasteiger partial charge in [-0.1, -0.05) is 6.07 Å². The fraction of sp³-hybridized carbons (Fsp3) is 0.619. The van der Waals surface area contributed by atoms with Gasteiger partial charge in [0.15, 0.2) is 0 Å². The van der Waals surface area contributed by atoms with Crippen LogP contribution in [-0.4, -0.2) is 73.6 Å². The molecule has 3 aliphatic rings. The number of imide groups is 1. The minimum Gasteiger partial charge on any atom is -0.360 e. The average Bonchev–Trinajstić information content (AvgIpc) is 3.30. The maximum absolute atomic E-state index is 12.9. The summed E-state index contributed by atoms with van der Waals surface area (Å²) in [6.45, 7) is 5.29. The van der Waals surface area contributed by atoms with E-state index in [-0.39, 0.29) is 18.0 Å². The van der Waals surface area contributed by atoms with Crippen molar-refractivity contribution in [1.82, 2.24) is 9.80 Å². The number of halogens is 3. The molecule has 30 heavy (non-hydrogen) atoms. The second-order valence-electron chi connectivity index (χ2n) is 8.37. The van der Waals surface area contributed by atoms with Gasteiger partial charge in [-0.2, -0.15) is 13.2 Å². The molecule has 1 aromatic carbocycles. The predicted octanol–water partition coefficient (Wildman–Crippen LogP) is 1.62. The highest BCUT2D eigenvalue weighted by atomic mass is 19.4. The summed E-state index contributed by atoms with van der Waals surface area (Å²) in [7, 11) is 0. The number of hydrogen-bond acceptors (Lipinski definition) is 3. The van der Waals surface area contributed by atoms with E-state index in [0.717, 1.165) is 64.5 Å². The number of nitrogens with one attached hydrogen (secondary N) is 1. The Balaban J connectivity index is 1.19. The van der Waals surface area contributed by atoms with Gasteiger partial charge >= 0.3 is 12.2 Å². The SMILES string of the molecule is O=C1[C@@H]2CCCN2C(=O)N1CCCC[NH+]1CCN(c2cccc(C(F)(F)F)c2)CC1. The van der Waals surface area contributed by atoms with Crippen LogP contribution in [0.2, 0.25) is 0 Å². The maximum atomic E-state index is 12.9. The van der Waals surface area contributed by atoms with E-state index in [4.69, 9.17) is 0 Å². The first kappa shape index (κ1) is 21.0.